The van der Waals surface area contributed by atoms with E-state index in [-0.39, 0.29) is 0 Å². The minimum atomic E-state index is 0.746. The standard InChI is InChI=1S/C15H15N3/c1-11-3-2-4-12(7-11)8-14-10-18-6-5-13(16)9-15(18)17-14/h2-7,9-10H,8,16H2,1H3. The average molecular weight is 237 g/mol. The number of pyridine rings is 1. The summed E-state index contributed by atoms with van der Waals surface area (Å²) in [7, 11) is 0. The Hall–Kier alpha value is -2.29. The first-order valence-electron chi connectivity index (χ1n) is 5.99. The normalized spacial score (nSPS) is 10.9. The smallest absolute Gasteiger partial charge is 0.139 e. The highest BCUT2D eigenvalue weighted by Crippen LogP contribution is 2.13. The Morgan fingerprint density at radius 3 is 2.94 bits per heavy atom. The number of imidazole rings is 1. The predicted molar refractivity (Wildman–Crippen MR) is 73.6 cm³/mol. The fraction of sp³-hybridized carbons (Fsp3) is 0.133. The molecule has 3 heteroatoms. The highest BCUT2D eigenvalue weighted by molar-refractivity contribution is 5.52. The first kappa shape index (κ1) is 10.8. The van der Waals surface area contributed by atoms with Crippen LogP contribution in [0, 0.1) is 6.92 Å². The van der Waals surface area contributed by atoms with Gasteiger partial charge in [-0.1, -0.05) is 29.8 Å². The fourth-order valence-corrected chi connectivity index (χ4v) is 2.17. The van der Waals surface area contributed by atoms with E-state index in [1.165, 1.54) is 11.1 Å². The molecule has 3 aromatic rings. The van der Waals surface area contributed by atoms with E-state index < -0.39 is 0 Å². The Kier molecular flexibility index (Phi) is 2.52. The third-order valence-electron chi connectivity index (χ3n) is 3.00. The van der Waals surface area contributed by atoms with Gasteiger partial charge in [0, 0.05) is 30.6 Å². The van der Waals surface area contributed by atoms with E-state index in [1.807, 2.05) is 22.7 Å². The summed E-state index contributed by atoms with van der Waals surface area (Å²) < 4.78 is 2.00. The SMILES string of the molecule is Cc1cccc(Cc2cn3ccc(N)cc3n2)c1. The van der Waals surface area contributed by atoms with Crippen LogP contribution in [-0.4, -0.2) is 9.38 Å². The molecule has 0 atom stereocenters. The molecule has 2 aromatic heterocycles. The van der Waals surface area contributed by atoms with Crippen molar-refractivity contribution in [3.05, 3.63) is 65.6 Å². The molecule has 0 spiro atoms. The maximum atomic E-state index is 5.75. The van der Waals surface area contributed by atoms with Crippen LogP contribution in [0.5, 0.6) is 0 Å². The lowest BCUT2D eigenvalue weighted by Gasteiger charge is -1.99. The van der Waals surface area contributed by atoms with E-state index in [0.717, 1.165) is 23.4 Å². The zero-order valence-corrected chi connectivity index (χ0v) is 10.3. The van der Waals surface area contributed by atoms with Crippen LogP contribution < -0.4 is 5.73 Å². The van der Waals surface area contributed by atoms with E-state index in [9.17, 15) is 0 Å². The molecule has 3 nitrogen and oxygen atoms in total. The van der Waals surface area contributed by atoms with Gasteiger partial charge in [-0.25, -0.2) is 4.98 Å². The molecule has 0 amide bonds. The van der Waals surface area contributed by atoms with Crippen molar-refractivity contribution in [3.8, 4) is 0 Å². The van der Waals surface area contributed by atoms with Crippen molar-refractivity contribution in [1.82, 2.24) is 9.38 Å². The lowest BCUT2D eigenvalue weighted by molar-refractivity contribution is 1.11. The quantitative estimate of drug-likeness (QED) is 0.744. The number of nitrogens with two attached hydrogens (primary N) is 1. The molecule has 0 aliphatic carbocycles. The summed E-state index contributed by atoms with van der Waals surface area (Å²) in [4.78, 5) is 4.58. The largest absolute Gasteiger partial charge is 0.399 e. The van der Waals surface area contributed by atoms with Gasteiger partial charge in [-0.3, -0.25) is 0 Å². The monoisotopic (exact) mass is 237 g/mol. The van der Waals surface area contributed by atoms with Crippen LogP contribution in [0.2, 0.25) is 0 Å². The van der Waals surface area contributed by atoms with Crippen LogP contribution in [0.4, 0.5) is 5.69 Å². The second-order valence-corrected chi connectivity index (χ2v) is 4.62. The third kappa shape index (κ3) is 2.07. The van der Waals surface area contributed by atoms with Crippen molar-refractivity contribution in [2.24, 2.45) is 0 Å². The summed E-state index contributed by atoms with van der Waals surface area (Å²) in [5.41, 5.74) is 11.0. The maximum Gasteiger partial charge on any atom is 0.139 e. The van der Waals surface area contributed by atoms with Crippen LogP contribution in [0.3, 0.4) is 0 Å². The molecule has 0 bridgehead atoms. The number of fused-ring (bicyclic) bond motifs is 1. The molecule has 2 heterocycles. The van der Waals surface area contributed by atoms with Gasteiger partial charge in [-0.05, 0) is 18.6 Å². The Morgan fingerprint density at radius 1 is 1.22 bits per heavy atom. The van der Waals surface area contributed by atoms with E-state index in [4.69, 9.17) is 5.73 Å². The molecule has 0 saturated heterocycles. The molecule has 2 N–H and O–H groups in total. The number of benzene rings is 1. The van der Waals surface area contributed by atoms with Gasteiger partial charge in [0.1, 0.15) is 5.65 Å². The summed E-state index contributed by atoms with van der Waals surface area (Å²) >= 11 is 0. The van der Waals surface area contributed by atoms with E-state index >= 15 is 0 Å². The van der Waals surface area contributed by atoms with Gasteiger partial charge in [0.05, 0.1) is 5.69 Å². The van der Waals surface area contributed by atoms with Crippen molar-refractivity contribution in [1.29, 1.82) is 0 Å². The minimum Gasteiger partial charge on any atom is -0.399 e. The van der Waals surface area contributed by atoms with Crippen molar-refractivity contribution < 1.29 is 0 Å². The first-order chi connectivity index (χ1) is 8.70. The highest BCUT2D eigenvalue weighted by Gasteiger charge is 2.03. The second kappa shape index (κ2) is 4.18. The number of aryl methyl sites for hydroxylation is 1. The van der Waals surface area contributed by atoms with Crippen molar-refractivity contribution >= 4 is 11.3 Å². The van der Waals surface area contributed by atoms with Gasteiger partial charge in [0.2, 0.25) is 0 Å². The van der Waals surface area contributed by atoms with Crippen LogP contribution in [0.25, 0.3) is 5.65 Å². The molecule has 0 unspecified atom stereocenters. The molecule has 0 saturated carbocycles. The van der Waals surface area contributed by atoms with E-state index in [1.54, 1.807) is 0 Å². The van der Waals surface area contributed by atoms with Gasteiger partial charge in [-0.15, -0.1) is 0 Å². The lowest BCUT2D eigenvalue weighted by atomic mass is 10.1. The molecule has 0 aliphatic rings. The topological polar surface area (TPSA) is 43.3 Å². The molecular weight excluding hydrogens is 222 g/mol. The van der Waals surface area contributed by atoms with Gasteiger partial charge >= 0.3 is 0 Å². The molecular formula is C15H15N3. The number of rotatable bonds is 2. The van der Waals surface area contributed by atoms with E-state index in [0.29, 0.717) is 0 Å². The van der Waals surface area contributed by atoms with Crippen molar-refractivity contribution in [2.75, 3.05) is 5.73 Å². The summed E-state index contributed by atoms with van der Waals surface area (Å²) in [6.07, 6.45) is 4.85. The van der Waals surface area contributed by atoms with Gasteiger partial charge in [0.15, 0.2) is 0 Å². The zero-order chi connectivity index (χ0) is 12.5. The molecule has 18 heavy (non-hydrogen) atoms. The predicted octanol–water partition coefficient (Wildman–Crippen LogP) is 2.82. The Labute approximate surface area is 106 Å². The number of hydrogen-bond donors (Lipinski definition) is 1. The summed E-state index contributed by atoms with van der Waals surface area (Å²) in [6, 6.07) is 12.3. The summed E-state index contributed by atoms with van der Waals surface area (Å²) in [5.74, 6) is 0. The third-order valence-corrected chi connectivity index (χ3v) is 3.00. The fourth-order valence-electron chi connectivity index (χ4n) is 2.17. The summed E-state index contributed by atoms with van der Waals surface area (Å²) in [6.45, 7) is 2.11. The maximum absolute atomic E-state index is 5.75. The minimum absolute atomic E-state index is 0.746. The molecule has 3 rings (SSSR count). The van der Waals surface area contributed by atoms with Crippen LogP contribution >= 0.6 is 0 Å². The number of nitrogens with zero attached hydrogens (tertiary/aromatic N) is 2. The van der Waals surface area contributed by atoms with Crippen LogP contribution in [0.1, 0.15) is 16.8 Å². The van der Waals surface area contributed by atoms with Crippen molar-refractivity contribution in [3.63, 3.8) is 0 Å². The Balaban J connectivity index is 1.95. The number of nitrogen functional groups attached to an aromatic ring is 1. The lowest BCUT2D eigenvalue weighted by Crippen LogP contribution is -1.88. The van der Waals surface area contributed by atoms with Gasteiger partial charge < -0.3 is 10.1 Å². The number of aromatic nitrogens is 2. The number of hydrogen-bond acceptors (Lipinski definition) is 2. The summed E-state index contributed by atoms with van der Waals surface area (Å²) in [5, 5.41) is 0. The second-order valence-electron chi connectivity index (χ2n) is 4.62. The number of anilines is 1. The molecule has 0 fully saturated rings. The van der Waals surface area contributed by atoms with Crippen LogP contribution in [-0.2, 0) is 6.42 Å². The molecule has 0 radical (unpaired) electrons. The van der Waals surface area contributed by atoms with Crippen LogP contribution in [0.15, 0.2) is 48.8 Å². The Morgan fingerprint density at radius 2 is 2.11 bits per heavy atom. The average Bonchev–Trinajstić information content (AvgIpc) is 2.70. The van der Waals surface area contributed by atoms with Gasteiger partial charge in [-0.2, -0.15) is 0 Å². The highest BCUT2D eigenvalue weighted by atomic mass is 15.0. The molecule has 90 valence electrons. The zero-order valence-electron chi connectivity index (χ0n) is 10.3. The Bertz CT molecular complexity index is 698. The van der Waals surface area contributed by atoms with E-state index in [2.05, 4.69) is 42.4 Å². The van der Waals surface area contributed by atoms with Crippen molar-refractivity contribution in [2.45, 2.75) is 13.3 Å². The molecule has 1 aromatic carbocycles. The molecule has 0 aliphatic heterocycles. The first-order valence-corrected chi connectivity index (χ1v) is 5.99. The van der Waals surface area contributed by atoms with Gasteiger partial charge in [0.25, 0.3) is 0 Å².